The standard InChI is InChI=1S/C18H25N3O/c1-14(7-9-21-10-8-19-15(21)2)20-13-16-5-6-18-17(12-16)4-3-11-22-18/h5-6,8,10,12,14,20H,3-4,7,9,11,13H2,1-2H3/t14-/m0/s1. The summed E-state index contributed by atoms with van der Waals surface area (Å²) >= 11 is 0. The highest BCUT2D eigenvalue weighted by Gasteiger charge is 2.11. The number of nitrogens with one attached hydrogen (secondary N) is 1. The quantitative estimate of drug-likeness (QED) is 0.891. The minimum Gasteiger partial charge on any atom is -0.493 e. The molecule has 0 unspecified atom stereocenters. The molecule has 0 fully saturated rings. The van der Waals surface area contributed by atoms with E-state index in [0.29, 0.717) is 6.04 Å². The summed E-state index contributed by atoms with van der Waals surface area (Å²) in [6, 6.07) is 7.05. The Morgan fingerprint density at radius 3 is 3.14 bits per heavy atom. The van der Waals surface area contributed by atoms with Gasteiger partial charge in [0.05, 0.1) is 6.61 Å². The monoisotopic (exact) mass is 299 g/mol. The Bertz CT molecular complexity index is 621. The minimum atomic E-state index is 0.481. The topological polar surface area (TPSA) is 39.1 Å². The highest BCUT2D eigenvalue weighted by atomic mass is 16.5. The third-order valence-electron chi connectivity index (χ3n) is 4.35. The molecule has 1 aliphatic rings. The van der Waals surface area contributed by atoms with Crippen molar-refractivity contribution in [3.8, 4) is 5.75 Å². The maximum absolute atomic E-state index is 5.67. The molecule has 0 spiro atoms. The number of imidazole rings is 1. The van der Waals surface area contributed by atoms with Crippen molar-refractivity contribution in [1.82, 2.24) is 14.9 Å². The zero-order valence-electron chi connectivity index (χ0n) is 13.5. The third-order valence-corrected chi connectivity index (χ3v) is 4.35. The lowest BCUT2D eigenvalue weighted by Gasteiger charge is -2.19. The van der Waals surface area contributed by atoms with Crippen LogP contribution < -0.4 is 10.1 Å². The van der Waals surface area contributed by atoms with Crippen molar-refractivity contribution in [2.75, 3.05) is 6.61 Å². The molecule has 1 aromatic heterocycles. The first-order valence-electron chi connectivity index (χ1n) is 8.18. The Morgan fingerprint density at radius 2 is 2.32 bits per heavy atom. The van der Waals surface area contributed by atoms with Crippen molar-refractivity contribution in [3.63, 3.8) is 0 Å². The Kier molecular flexibility index (Phi) is 4.78. The fraction of sp³-hybridized carbons (Fsp3) is 0.500. The van der Waals surface area contributed by atoms with Crippen LogP contribution in [0.2, 0.25) is 0 Å². The van der Waals surface area contributed by atoms with Crippen molar-refractivity contribution in [2.24, 2.45) is 0 Å². The molecule has 0 bridgehead atoms. The van der Waals surface area contributed by atoms with Crippen LogP contribution in [0.25, 0.3) is 0 Å². The van der Waals surface area contributed by atoms with Gasteiger partial charge in [0.25, 0.3) is 0 Å². The lowest BCUT2D eigenvalue weighted by molar-refractivity contribution is 0.288. The molecule has 0 radical (unpaired) electrons. The molecule has 1 aromatic carbocycles. The molecular weight excluding hydrogens is 274 g/mol. The molecule has 1 N–H and O–H groups in total. The Labute approximate surface area is 132 Å². The van der Waals surface area contributed by atoms with Crippen molar-refractivity contribution in [2.45, 2.75) is 52.2 Å². The summed E-state index contributed by atoms with van der Waals surface area (Å²) in [5, 5.41) is 3.61. The Morgan fingerprint density at radius 1 is 1.41 bits per heavy atom. The van der Waals surface area contributed by atoms with E-state index in [1.165, 1.54) is 11.1 Å². The Hall–Kier alpha value is -1.81. The number of hydrogen-bond acceptors (Lipinski definition) is 3. The third kappa shape index (κ3) is 3.69. The van der Waals surface area contributed by atoms with E-state index in [0.717, 1.165) is 50.5 Å². The average molecular weight is 299 g/mol. The number of aromatic nitrogens is 2. The van der Waals surface area contributed by atoms with Crippen LogP contribution in [0.3, 0.4) is 0 Å². The van der Waals surface area contributed by atoms with Gasteiger partial charge in [0.15, 0.2) is 0 Å². The van der Waals surface area contributed by atoms with Gasteiger partial charge in [-0.2, -0.15) is 0 Å². The molecule has 0 amide bonds. The van der Waals surface area contributed by atoms with Gasteiger partial charge in [0.2, 0.25) is 0 Å². The molecule has 4 heteroatoms. The molecule has 0 saturated carbocycles. The van der Waals surface area contributed by atoms with Crippen LogP contribution in [0.5, 0.6) is 5.75 Å². The molecule has 2 heterocycles. The van der Waals surface area contributed by atoms with E-state index in [4.69, 9.17) is 4.74 Å². The van der Waals surface area contributed by atoms with Crippen LogP contribution >= 0.6 is 0 Å². The summed E-state index contributed by atoms with van der Waals surface area (Å²) in [7, 11) is 0. The van der Waals surface area contributed by atoms with Crippen LogP contribution in [-0.2, 0) is 19.5 Å². The first-order chi connectivity index (χ1) is 10.7. The SMILES string of the molecule is Cc1nccn1CC[C@H](C)NCc1ccc2c(c1)CCCO2. The number of fused-ring (bicyclic) bond motifs is 1. The molecule has 4 nitrogen and oxygen atoms in total. The Balaban J connectivity index is 1.48. The maximum atomic E-state index is 5.67. The van der Waals surface area contributed by atoms with Crippen LogP contribution in [0.4, 0.5) is 0 Å². The second-order valence-corrected chi connectivity index (χ2v) is 6.13. The van der Waals surface area contributed by atoms with E-state index in [-0.39, 0.29) is 0 Å². The van der Waals surface area contributed by atoms with Crippen molar-refractivity contribution >= 4 is 0 Å². The number of ether oxygens (including phenoxy) is 1. The van der Waals surface area contributed by atoms with Crippen LogP contribution in [0.1, 0.15) is 36.7 Å². The van der Waals surface area contributed by atoms with E-state index < -0.39 is 0 Å². The zero-order valence-corrected chi connectivity index (χ0v) is 13.5. The fourth-order valence-corrected chi connectivity index (χ4v) is 2.89. The summed E-state index contributed by atoms with van der Waals surface area (Å²) in [5.41, 5.74) is 2.70. The largest absolute Gasteiger partial charge is 0.493 e. The average Bonchev–Trinajstić information content (AvgIpc) is 2.96. The molecule has 0 aliphatic carbocycles. The maximum Gasteiger partial charge on any atom is 0.122 e. The van der Waals surface area contributed by atoms with E-state index in [1.54, 1.807) is 0 Å². The molecule has 3 rings (SSSR count). The van der Waals surface area contributed by atoms with Crippen LogP contribution in [0, 0.1) is 6.92 Å². The summed E-state index contributed by atoms with van der Waals surface area (Å²) in [6.45, 7) is 7.08. The van der Waals surface area contributed by atoms with Gasteiger partial charge in [-0.15, -0.1) is 0 Å². The van der Waals surface area contributed by atoms with Gasteiger partial charge in [-0.1, -0.05) is 12.1 Å². The van der Waals surface area contributed by atoms with Crippen LogP contribution in [-0.4, -0.2) is 22.2 Å². The second kappa shape index (κ2) is 6.97. The lowest BCUT2D eigenvalue weighted by Crippen LogP contribution is -2.27. The molecule has 2 aromatic rings. The summed E-state index contributed by atoms with van der Waals surface area (Å²) < 4.78 is 7.87. The molecular formula is C18H25N3O. The zero-order chi connectivity index (χ0) is 15.4. The van der Waals surface area contributed by atoms with Gasteiger partial charge < -0.3 is 14.6 Å². The number of rotatable bonds is 6. The predicted octanol–water partition coefficient (Wildman–Crippen LogP) is 3.08. The fourth-order valence-electron chi connectivity index (χ4n) is 2.89. The smallest absolute Gasteiger partial charge is 0.122 e. The van der Waals surface area contributed by atoms with Crippen molar-refractivity contribution in [3.05, 3.63) is 47.5 Å². The van der Waals surface area contributed by atoms with Crippen molar-refractivity contribution < 1.29 is 4.74 Å². The van der Waals surface area contributed by atoms with Crippen molar-refractivity contribution in [1.29, 1.82) is 0 Å². The molecule has 22 heavy (non-hydrogen) atoms. The first-order valence-corrected chi connectivity index (χ1v) is 8.18. The number of nitrogens with zero attached hydrogens (tertiary/aromatic N) is 2. The summed E-state index contributed by atoms with van der Waals surface area (Å²) in [5.74, 6) is 2.15. The molecule has 1 atom stereocenters. The van der Waals surface area contributed by atoms with E-state index in [9.17, 15) is 0 Å². The molecule has 1 aliphatic heterocycles. The number of benzene rings is 1. The van der Waals surface area contributed by atoms with Gasteiger partial charge in [0.1, 0.15) is 11.6 Å². The highest BCUT2D eigenvalue weighted by molar-refractivity contribution is 5.38. The van der Waals surface area contributed by atoms with Gasteiger partial charge in [0, 0.05) is 31.5 Å². The number of aryl methyl sites for hydroxylation is 3. The normalized spacial score (nSPS) is 15.2. The van der Waals surface area contributed by atoms with Gasteiger partial charge >= 0.3 is 0 Å². The summed E-state index contributed by atoms with van der Waals surface area (Å²) in [6.07, 6.45) is 7.28. The first kappa shape index (κ1) is 15.1. The molecule has 118 valence electrons. The lowest BCUT2D eigenvalue weighted by atomic mass is 10.0. The van der Waals surface area contributed by atoms with Crippen LogP contribution in [0.15, 0.2) is 30.6 Å². The number of hydrogen-bond donors (Lipinski definition) is 1. The molecule has 0 saturated heterocycles. The van der Waals surface area contributed by atoms with Gasteiger partial charge in [-0.3, -0.25) is 0 Å². The van der Waals surface area contributed by atoms with Gasteiger partial charge in [-0.25, -0.2) is 4.98 Å². The highest BCUT2D eigenvalue weighted by Crippen LogP contribution is 2.25. The van der Waals surface area contributed by atoms with Gasteiger partial charge in [-0.05, 0) is 50.3 Å². The van der Waals surface area contributed by atoms with E-state index >= 15 is 0 Å². The second-order valence-electron chi connectivity index (χ2n) is 6.13. The minimum absolute atomic E-state index is 0.481. The van der Waals surface area contributed by atoms with E-state index in [1.807, 2.05) is 19.3 Å². The summed E-state index contributed by atoms with van der Waals surface area (Å²) in [4.78, 5) is 4.26. The van der Waals surface area contributed by atoms with E-state index in [2.05, 4.69) is 40.0 Å². The predicted molar refractivity (Wildman–Crippen MR) is 88.1 cm³/mol.